The number of sulfonamides is 1. The van der Waals surface area contributed by atoms with E-state index in [0.29, 0.717) is 22.5 Å². The van der Waals surface area contributed by atoms with E-state index in [0.717, 1.165) is 0 Å². The molecule has 0 radical (unpaired) electrons. The molecule has 1 aromatic carbocycles. The van der Waals surface area contributed by atoms with Crippen LogP contribution < -0.4 is 4.72 Å². The van der Waals surface area contributed by atoms with E-state index in [1.54, 1.807) is 6.92 Å². The quantitative estimate of drug-likeness (QED) is 0.818. The second-order valence-electron chi connectivity index (χ2n) is 6.04. The first-order valence-corrected chi connectivity index (χ1v) is 9.66. The third-order valence-electron chi connectivity index (χ3n) is 3.68. The van der Waals surface area contributed by atoms with Crippen LogP contribution in [0.25, 0.3) is 11.3 Å². The highest BCUT2D eigenvalue weighted by atomic mass is 32.2. The molecule has 0 bridgehead atoms. The number of aromatic nitrogens is 2. The molecule has 0 fully saturated rings. The van der Waals surface area contributed by atoms with Gasteiger partial charge in [-0.15, -0.1) is 0 Å². The maximum absolute atomic E-state index is 13.2. The van der Waals surface area contributed by atoms with E-state index >= 15 is 0 Å². The van der Waals surface area contributed by atoms with Crippen molar-refractivity contribution < 1.29 is 17.9 Å². The SMILES string of the molecule is CCS(=O)(=O)Nc1nc(-c2ccc(F)cc2)c(C(C)O)c(C(C)C)n1. The van der Waals surface area contributed by atoms with E-state index in [-0.39, 0.29) is 17.6 Å². The van der Waals surface area contributed by atoms with Crippen molar-refractivity contribution in [2.24, 2.45) is 0 Å². The van der Waals surface area contributed by atoms with Crippen molar-refractivity contribution in [3.8, 4) is 11.3 Å². The molecule has 1 atom stereocenters. The molecule has 1 heterocycles. The fourth-order valence-electron chi connectivity index (χ4n) is 2.42. The lowest BCUT2D eigenvalue weighted by molar-refractivity contribution is 0.197. The zero-order valence-corrected chi connectivity index (χ0v) is 15.4. The van der Waals surface area contributed by atoms with Crippen molar-refractivity contribution in [1.29, 1.82) is 0 Å². The van der Waals surface area contributed by atoms with Gasteiger partial charge < -0.3 is 5.11 Å². The largest absolute Gasteiger partial charge is 0.389 e. The summed E-state index contributed by atoms with van der Waals surface area (Å²) in [4.78, 5) is 8.58. The fourth-order valence-corrected chi connectivity index (χ4v) is 2.94. The number of aliphatic hydroxyl groups is 1. The van der Waals surface area contributed by atoms with Crippen LogP contribution in [-0.4, -0.2) is 29.2 Å². The van der Waals surface area contributed by atoms with E-state index in [9.17, 15) is 17.9 Å². The van der Waals surface area contributed by atoms with Gasteiger partial charge >= 0.3 is 0 Å². The molecule has 8 heteroatoms. The molecule has 25 heavy (non-hydrogen) atoms. The number of rotatable bonds is 6. The Kier molecular flexibility index (Phi) is 5.74. The van der Waals surface area contributed by atoms with Gasteiger partial charge in [-0.3, -0.25) is 4.72 Å². The van der Waals surface area contributed by atoms with Crippen molar-refractivity contribution in [2.45, 2.75) is 39.7 Å². The predicted molar refractivity (Wildman–Crippen MR) is 95.2 cm³/mol. The number of benzene rings is 1. The van der Waals surface area contributed by atoms with Crippen molar-refractivity contribution in [1.82, 2.24) is 9.97 Å². The highest BCUT2D eigenvalue weighted by Crippen LogP contribution is 2.33. The summed E-state index contributed by atoms with van der Waals surface area (Å²) in [7, 11) is -3.55. The molecular weight excluding hydrogens is 345 g/mol. The molecule has 0 aliphatic carbocycles. The summed E-state index contributed by atoms with van der Waals surface area (Å²) in [5.74, 6) is -0.643. The smallest absolute Gasteiger partial charge is 0.237 e. The lowest BCUT2D eigenvalue weighted by atomic mass is 9.95. The van der Waals surface area contributed by atoms with Crippen LogP contribution in [0.5, 0.6) is 0 Å². The van der Waals surface area contributed by atoms with E-state index in [1.165, 1.54) is 31.2 Å². The highest BCUT2D eigenvalue weighted by molar-refractivity contribution is 7.92. The minimum absolute atomic E-state index is 0.0609. The Bertz CT molecular complexity index is 850. The Morgan fingerprint density at radius 1 is 1.16 bits per heavy atom. The molecule has 136 valence electrons. The summed E-state index contributed by atoms with van der Waals surface area (Å²) in [5.41, 5.74) is 1.99. The molecule has 2 rings (SSSR count). The van der Waals surface area contributed by atoms with E-state index < -0.39 is 21.9 Å². The second kappa shape index (κ2) is 7.45. The van der Waals surface area contributed by atoms with Crippen LogP contribution in [0.1, 0.15) is 51.0 Å². The Hall–Kier alpha value is -2.06. The van der Waals surface area contributed by atoms with E-state index in [2.05, 4.69) is 14.7 Å². The summed E-state index contributed by atoms with van der Waals surface area (Å²) in [5, 5.41) is 10.2. The number of nitrogens with zero attached hydrogens (tertiary/aromatic N) is 2. The number of hydrogen-bond donors (Lipinski definition) is 2. The average Bonchev–Trinajstić information content (AvgIpc) is 2.54. The van der Waals surface area contributed by atoms with Gasteiger partial charge in [-0.2, -0.15) is 0 Å². The maximum atomic E-state index is 13.2. The lowest BCUT2D eigenvalue weighted by Gasteiger charge is -2.19. The summed E-state index contributed by atoms with van der Waals surface area (Å²) in [6, 6.07) is 5.64. The molecule has 1 unspecified atom stereocenters. The number of nitrogens with one attached hydrogen (secondary N) is 1. The number of anilines is 1. The molecule has 0 amide bonds. The summed E-state index contributed by atoms with van der Waals surface area (Å²) in [6.07, 6.45) is -0.866. The maximum Gasteiger partial charge on any atom is 0.237 e. The van der Waals surface area contributed by atoms with Crippen molar-refractivity contribution >= 4 is 16.0 Å². The van der Waals surface area contributed by atoms with Gasteiger partial charge in [0.2, 0.25) is 16.0 Å². The number of aliphatic hydroxyl groups excluding tert-OH is 1. The summed E-state index contributed by atoms with van der Waals surface area (Å²) in [6.45, 7) is 6.88. The van der Waals surface area contributed by atoms with Crippen LogP contribution in [0, 0.1) is 5.82 Å². The minimum Gasteiger partial charge on any atom is -0.389 e. The standard InChI is InChI=1S/C17H22FN3O3S/c1-5-25(23,24)21-17-19-15(10(2)3)14(11(4)22)16(20-17)12-6-8-13(18)9-7-12/h6-11,22H,5H2,1-4H3,(H,19,20,21). The molecular formula is C17H22FN3O3S. The van der Waals surface area contributed by atoms with Gasteiger partial charge in [0, 0.05) is 11.1 Å². The van der Waals surface area contributed by atoms with Gasteiger partial charge in [-0.1, -0.05) is 13.8 Å². The zero-order valence-electron chi connectivity index (χ0n) is 14.6. The van der Waals surface area contributed by atoms with Crippen LogP contribution in [-0.2, 0) is 10.0 Å². The van der Waals surface area contributed by atoms with Crippen molar-refractivity contribution in [2.75, 3.05) is 10.5 Å². The Morgan fingerprint density at radius 3 is 2.24 bits per heavy atom. The van der Waals surface area contributed by atoms with E-state index in [1.807, 2.05) is 13.8 Å². The third-order valence-corrected chi connectivity index (χ3v) is 4.94. The first-order valence-electron chi connectivity index (χ1n) is 8.01. The molecule has 2 N–H and O–H groups in total. The third kappa shape index (κ3) is 4.52. The fraction of sp³-hybridized carbons (Fsp3) is 0.412. The average molecular weight is 367 g/mol. The monoisotopic (exact) mass is 367 g/mol. The Morgan fingerprint density at radius 2 is 1.76 bits per heavy atom. The molecule has 0 aliphatic heterocycles. The Labute approximate surface area is 147 Å². The van der Waals surface area contributed by atoms with Gasteiger partial charge in [0.1, 0.15) is 5.82 Å². The molecule has 1 aromatic heterocycles. The van der Waals surface area contributed by atoms with Crippen molar-refractivity contribution in [3.05, 3.63) is 41.3 Å². The Balaban J connectivity index is 2.72. The molecule has 2 aromatic rings. The van der Waals surface area contributed by atoms with Crippen LogP contribution in [0.4, 0.5) is 10.3 Å². The first kappa shape index (κ1) is 19.3. The summed E-state index contributed by atoms with van der Waals surface area (Å²) < 4.78 is 39.3. The second-order valence-corrected chi connectivity index (χ2v) is 8.05. The van der Waals surface area contributed by atoms with Crippen LogP contribution in [0.3, 0.4) is 0 Å². The zero-order chi connectivity index (χ0) is 18.8. The molecule has 0 aliphatic rings. The first-order chi connectivity index (χ1) is 11.6. The predicted octanol–water partition coefficient (Wildman–Crippen LogP) is 3.22. The van der Waals surface area contributed by atoms with Crippen LogP contribution in [0.15, 0.2) is 24.3 Å². The molecule has 0 saturated carbocycles. The topological polar surface area (TPSA) is 92.2 Å². The van der Waals surface area contributed by atoms with Crippen LogP contribution in [0.2, 0.25) is 0 Å². The van der Waals surface area contributed by atoms with Gasteiger partial charge in [0.25, 0.3) is 0 Å². The molecule has 0 spiro atoms. The minimum atomic E-state index is -3.55. The van der Waals surface area contributed by atoms with Gasteiger partial charge in [-0.05, 0) is 44.0 Å². The number of hydrogen-bond acceptors (Lipinski definition) is 5. The van der Waals surface area contributed by atoms with Crippen LogP contribution >= 0.6 is 0 Å². The normalized spacial score (nSPS) is 13.1. The summed E-state index contributed by atoms with van der Waals surface area (Å²) >= 11 is 0. The van der Waals surface area contributed by atoms with Gasteiger partial charge in [0.15, 0.2) is 0 Å². The molecule has 0 saturated heterocycles. The molecule has 6 nitrogen and oxygen atoms in total. The van der Waals surface area contributed by atoms with Gasteiger partial charge in [0.05, 0.1) is 23.2 Å². The van der Waals surface area contributed by atoms with Crippen molar-refractivity contribution in [3.63, 3.8) is 0 Å². The highest BCUT2D eigenvalue weighted by Gasteiger charge is 2.23. The number of halogens is 1. The lowest BCUT2D eigenvalue weighted by Crippen LogP contribution is -2.19. The van der Waals surface area contributed by atoms with Gasteiger partial charge in [-0.25, -0.2) is 22.8 Å². The van der Waals surface area contributed by atoms with E-state index in [4.69, 9.17) is 0 Å².